The van der Waals surface area contributed by atoms with Crippen LogP contribution in [0.5, 0.6) is 5.75 Å². The molecule has 0 spiro atoms. The molecule has 2 aliphatic rings. The number of rotatable bonds is 19. The van der Waals surface area contributed by atoms with Crippen LogP contribution in [-0.4, -0.2) is 98.0 Å². The second-order valence-electron chi connectivity index (χ2n) is 19.4. The molecule has 0 saturated carbocycles. The molecular weight excluding hydrogens is 827 g/mol. The smallest absolute Gasteiger partial charge is 0.408 e. The van der Waals surface area contributed by atoms with Crippen LogP contribution in [0.1, 0.15) is 72.9 Å². The van der Waals surface area contributed by atoms with Crippen LogP contribution in [0.3, 0.4) is 0 Å². The minimum atomic E-state index is -2.19. The number of esters is 2. The van der Waals surface area contributed by atoms with Gasteiger partial charge in [0.15, 0.2) is 22.9 Å². The molecule has 2 heterocycles. The van der Waals surface area contributed by atoms with Gasteiger partial charge in [-0.2, -0.15) is 0 Å². The minimum Gasteiger partial charge on any atom is -0.467 e. The van der Waals surface area contributed by atoms with Gasteiger partial charge in [0.1, 0.15) is 42.8 Å². The number of methoxy groups -OCH3 is 1. The van der Waals surface area contributed by atoms with Crippen LogP contribution >= 0.6 is 0 Å². The normalized spacial score (nSPS) is 22.5. The molecule has 0 saturated heterocycles. The predicted molar refractivity (Wildman–Crippen MR) is 242 cm³/mol. The van der Waals surface area contributed by atoms with Crippen LogP contribution in [0.15, 0.2) is 78.9 Å². The van der Waals surface area contributed by atoms with E-state index in [0.29, 0.717) is 12.2 Å². The van der Waals surface area contributed by atoms with Crippen molar-refractivity contribution >= 4 is 34.7 Å². The van der Waals surface area contributed by atoms with Gasteiger partial charge in [-0.25, -0.2) is 9.59 Å². The van der Waals surface area contributed by atoms with E-state index in [1.165, 1.54) is 7.11 Å². The summed E-state index contributed by atoms with van der Waals surface area (Å²) in [4.78, 5) is 38.0. The van der Waals surface area contributed by atoms with Gasteiger partial charge in [-0.15, -0.1) is 0 Å². The van der Waals surface area contributed by atoms with Gasteiger partial charge in [0.2, 0.25) is 6.29 Å². The maximum absolute atomic E-state index is 12.8. The number of amides is 1. The van der Waals surface area contributed by atoms with E-state index in [1.807, 2.05) is 68.5 Å². The van der Waals surface area contributed by atoms with E-state index >= 15 is 0 Å². The molecule has 13 nitrogen and oxygen atoms in total. The Bertz CT molecular complexity index is 1800. The summed E-state index contributed by atoms with van der Waals surface area (Å²) in [5.74, 6) is -0.207. The van der Waals surface area contributed by atoms with Crippen molar-refractivity contribution in [3.05, 3.63) is 90.0 Å². The molecule has 1 amide bonds. The van der Waals surface area contributed by atoms with Gasteiger partial charge in [0.25, 0.3) is 0 Å². The first-order valence-electron chi connectivity index (χ1n) is 21.6. The predicted octanol–water partition coefficient (Wildman–Crippen LogP) is 9.02. The maximum Gasteiger partial charge on any atom is 0.408 e. The van der Waals surface area contributed by atoms with Crippen molar-refractivity contribution in [1.82, 2.24) is 5.32 Å². The van der Waals surface area contributed by atoms with Gasteiger partial charge < -0.3 is 47.3 Å². The average Bonchev–Trinajstić information content (AvgIpc) is 3.19. The standard InChI is InChI=1S/C47H71NO12Si2/c1-32(2)27-41(49)57-37-23-26-43(60-39(37)30-54-61(10,11)46(3,4)5)58-38-24-25-42(59-40(38)31-55-62(12,13)47(6,7)8)56-35-21-19-33(20-22-35)28-36(44(50)52-9)48-45(51)53-29-34-17-15-14-16-18-34/h14-26,32,36-40,42-43H,27-31H2,1-13H3,(H,48,51)/t36-,37+,38+,39-,40-,42+,43+/m1/s1. The maximum atomic E-state index is 12.8. The van der Waals surface area contributed by atoms with Crippen LogP contribution in [0.4, 0.5) is 4.79 Å². The molecule has 15 heteroatoms. The SMILES string of the molecule is COC(=O)[C@@H](Cc1ccc(O[C@@H]2C=C[C@H](O[C@@H]3C=C[C@H](OC(=O)CC(C)C)[C@@H](CO[Si](C)(C)C(C)(C)C)O3)[C@@H](CO[Si](C)(C)C(C)(C)C)O2)cc1)NC(=O)OCc1ccccc1. The lowest BCUT2D eigenvalue weighted by molar-refractivity contribution is -0.228. The third kappa shape index (κ3) is 15.5. The van der Waals surface area contributed by atoms with E-state index in [9.17, 15) is 14.4 Å². The average molecular weight is 898 g/mol. The summed E-state index contributed by atoms with van der Waals surface area (Å²) in [6.07, 6.45) is 3.14. The van der Waals surface area contributed by atoms with Crippen LogP contribution in [0.2, 0.25) is 36.3 Å². The number of carbonyl (C=O) groups excluding carboxylic acids is 3. The first kappa shape index (κ1) is 50.8. The summed E-state index contributed by atoms with van der Waals surface area (Å²) >= 11 is 0. The Balaban J connectivity index is 1.46. The number of carbonyl (C=O) groups is 3. The first-order chi connectivity index (χ1) is 29.0. The molecule has 7 atom stereocenters. The lowest BCUT2D eigenvalue weighted by Gasteiger charge is -2.41. The Morgan fingerprint density at radius 2 is 1.27 bits per heavy atom. The quantitative estimate of drug-likeness (QED) is 0.0622. The van der Waals surface area contributed by atoms with Crippen molar-refractivity contribution in [3.63, 3.8) is 0 Å². The summed E-state index contributed by atoms with van der Waals surface area (Å²) < 4.78 is 55.3. The highest BCUT2D eigenvalue weighted by Gasteiger charge is 2.42. The van der Waals surface area contributed by atoms with Gasteiger partial charge in [-0.1, -0.05) is 104 Å². The molecule has 2 aromatic carbocycles. The Kier molecular flexibility index (Phi) is 18.2. The molecule has 62 heavy (non-hydrogen) atoms. The van der Waals surface area contributed by atoms with E-state index < -0.39 is 71.7 Å². The number of ether oxygens (including phenoxy) is 7. The van der Waals surface area contributed by atoms with Gasteiger partial charge in [0, 0.05) is 12.8 Å². The van der Waals surface area contributed by atoms with Crippen LogP contribution in [0.25, 0.3) is 0 Å². The second kappa shape index (κ2) is 22.2. The fourth-order valence-electron chi connectivity index (χ4n) is 5.92. The van der Waals surface area contributed by atoms with Gasteiger partial charge >= 0.3 is 18.0 Å². The van der Waals surface area contributed by atoms with E-state index in [2.05, 4.69) is 73.0 Å². The molecule has 0 aromatic heterocycles. The highest BCUT2D eigenvalue weighted by atomic mass is 28.4. The molecule has 1 N–H and O–H groups in total. The largest absolute Gasteiger partial charge is 0.467 e. The highest BCUT2D eigenvalue weighted by molar-refractivity contribution is 6.74. The van der Waals surface area contributed by atoms with E-state index in [-0.39, 0.29) is 48.2 Å². The zero-order chi connectivity index (χ0) is 45.9. The van der Waals surface area contributed by atoms with E-state index in [1.54, 1.807) is 24.3 Å². The number of benzene rings is 2. The highest BCUT2D eigenvalue weighted by Crippen LogP contribution is 2.38. The monoisotopic (exact) mass is 897 g/mol. The summed E-state index contributed by atoms with van der Waals surface area (Å²) in [7, 11) is -3.09. The topological polar surface area (TPSA) is 146 Å². The summed E-state index contributed by atoms with van der Waals surface area (Å²) in [6.45, 7) is 26.3. The number of hydrogen-bond acceptors (Lipinski definition) is 12. The molecule has 0 radical (unpaired) electrons. The van der Waals surface area contributed by atoms with E-state index in [4.69, 9.17) is 42.0 Å². The van der Waals surface area contributed by atoms with E-state index in [0.717, 1.165) is 11.1 Å². The summed E-state index contributed by atoms with van der Waals surface area (Å²) in [5, 5.41) is 2.56. The molecule has 4 rings (SSSR count). The third-order valence-electron chi connectivity index (χ3n) is 11.8. The second-order valence-corrected chi connectivity index (χ2v) is 29.0. The zero-order valence-electron chi connectivity index (χ0n) is 39.1. The fourth-order valence-corrected chi connectivity index (χ4v) is 7.95. The zero-order valence-corrected chi connectivity index (χ0v) is 41.1. The van der Waals surface area contributed by atoms with Gasteiger partial charge in [-0.3, -0.25) is 4.79 Å². The summed E-state index contributed by atoms with van der Waals surface area (Å²) in [6, 6.07) is 15.5. The molecule has 0 bridgehead atoms. The lowest BCUT2D eigenvalue weighted by atomic mass is 10.1. The molecule has 0 aliphatic carbocycles. The Hall–Kier alpha value is -3.84. The molecule has 2 aromatic rings. The van der Waals surface area contributed by atoms with Crippen LogP contribution in [-0.2, 0) is 59.9 Å². The van der Waals surface area contributed by atoms with Crippen LogP contribution in [0, 0.1) is 5.92 Å². The number of nitrogens with one attached hydrogen (secondary N) is 1. The van der Waals surface area contributed by atoms with Gasteiger partial charge in [0.05, 0.1) is 20.3 Å². The molecule has 0 fully saturated rings. The van der Waals surface area contributed by atoms with Crippen molar-refractivity contribution in [3.8, 4) is 5.75 Å². The van der Waals surface area contributed by atoms with Crippen molar-refractivity contribution < 1.29 is 56.4 Å². The Labute approximate surface area is 371 Å². The third-order valence-corrected chi connectivity index (χ3v) is 20.8. The van der Waals surface area contributed by atoms with Crippen molar-refractivity contribution in [1.29, 1.82) is 0 Å². The summed E-state index contributed by atoms with van der Waals surface area (Å²) in [5.41, 5.74) is 1.58. The number of hydrogen-bond donors (Lipinski definition) is 1. The first-order valence-corrected chi connectivity index (χ1v) is 27.4. The number of alkyl carbamates (subject to hydrolysis) is 1. The Morgan fingerprint density at radius 1 is 0.726 bits per heavy atom. The van der Waals surface area contributed by atoms with Crippen molar-refractivity contribution in [2.75, 3.05) is 20.3 Å². The Morgan fingerprint density at radius 3 is 1.84 bits per heavy atom. The van der Waals surface area contributed by atoms with Crippen LogP contribution < -0.4 is 10.1 Å². The molecule has 344 valence electrons. The van der Waals surface area contributed by atoms with Crippen molar-refractivity contribution in [2.24, 2.45) is 5.92 Å². The lowest BCUT2D eigenvalue weighted by Crippen LogP contribution is -2.50. The molecular formula is C47H71NO12Si2. The van der Waals surface area contributed by atoms with Gasteiger partial charge in [-0.05, 0) is 83.7 Å². The minimum absolute atomic E-state index is 0.0230. The molecule has 2 aliphatic heterocycles. The fraction of sp³-hybridized carbons (Fsp3) is 0.596. The van der Waals surface area contributed by atoms with Crippen molar-refractivity contribution in [2.45, 2.75) is 154 Å². The molecule has 0 unspecified atom stereocenters.